The lowest BCUT2D eigenvalue weighted by Crippen LogP contribution is -2.24. The molecule has 130 valence electrons. The second-order valence-corrected chi connectivity index (χ2v) is 8.73. The fourth-order valence-electron chi connectivity index (χ4n) is 3.54. The standard InChI is InChI=1S/C20H22N2OS2/c1-2-24-20-21-18-17(15-10-6-7-11-16(15)25-18)19(23)22(20)13-12-14-8-4-3-5-9-14/h3-5,8-9H,2,6-7,10-13H2,1H3. The number of thioether (sulfide) groups is 1. The van der Waals surface area contributed by atoms with Crippen molar-refractivity contribution in [2.75, 3.05) is 5.75 Å². The van der Waals surface area contributed by atoms with Gasteiger partial charge in [0.2, 0.25) is 0 Å². The van der Waals surface area contributed by atoms with Crippen LogP contribution in [0.1, 0.15) is 35.8 Å². The Bertz CT molecular complexity index is 944. The number of hydrogen-bond acceptors (Lipinski definition) is 4. The first kappa shape index (κ1) is 16.9. The van der Waals surface area contributed by atoms with Crippen molar-refractivity contribution in [1.29, 1.82) is 0 Å². The molecule has 25 heavy (non-hydrogen) atoms. The Morgan fingerprint density at radius 3 is 2.80 bits per heavy atom. The summed E-state index contributed by atoms with van der Waals surface area (Å²) in [6, 6.07) is 10.4. The molecule has 5 heteroatoms. The molecule has 0 fully saturated rings. The Kier molecular flexibility index (Phi) is 4.95. The summed E-state index contributed by atoms with van der Waals surface area (Å²) in [5.74, 6) is 0.925. The number of thiophene rings is 1. The normalized spacial score (nSPS) is 14.0. The van der Waals surface area contributed by atoms with E-state index in [0.29, 0.717) is 6.54 Å². The minimum absolute atomic E-state index is 0.163. The van der Waals surface area contributed by atoms with Crippen molar-refractivity contribution >= 4 is 33.3 Å². The first-order valence-electron chi connectivity index (χ1n) is 8.99. The zero-order chi connectivity index (χ0) is 17.2. The van der Waals surface area contributed by atoms with E-state index in [2.05, 4.69) is 31.2 Å². The van der Waals surface area contributed by atoms with E-state index >= 15 is 0 Å². The van der Waals surface area contributed by atoms with Crippen LogP contribution in [0.4, 0.5) is 0 Å². The third kappa shape index (κ3) is 3.27. The van der Waals surface area contributed by atoms with Crippen molar-refractivity contribution in [2.45, 2.75) is 50.7 Å². The molecule has 0 bridgehead atoms. The van der Waals surface area contributed by atoms with Crippen molar-refractivity contribution < 1.29 is 0 Å². The van der Waals surface area contributed by atoms with Gasteiger partial charge in [0.25, 0.3) is 5.56 Å². The molecule has 0 aliphatic heterocycles. The Morgan fingerprint density at radius 1 is 1.20 bits per heavy atom. The molecule has 0 saturated heterocycles. The van der Waals surface area contributed by atoms with Crippen LogP contribution in [0.25, 0.3) is 10.2 Å². The van der Waals surface area contributed by atoms with E-state index < -0.39 is 0 Å². The summed E-state index contributed by atoms with van der Waals surface area (Å²) in [7, 11) is 0. The summed E-state index contributed by atoms with van der Waals surface area (Å²) in [6.45, 7) is 2.81. The molecule has 3 aromatic rings. The molecular formula is C20H22N2OS2. The molecule has 1 aliphatic rings. The first-order chi connectivity index (χ1) is 12.3. The quantitative estimate of drug-likeness (QED) is 0.483. The van der Waals surface area contributed by atoms with Gasteiger partial charge in [-0.3, -0.25) is 9.36 Å². The number of benzene rings is 1. The lowest BCUT2D eigenvalue weighted by atomic mass is 9.97. The first-order valence-corrected chi connectivity index (χ1v) is 10.8. The Labute approximate surface area is 156 Å². The minimum atomic E-state index is 0.163. The molecule has 3 nitrogen and oxygen atoms in total. The summed E-state index contributed by atoms with van der Waals surface area (Å²) in [4.78, 5) is 20.5. The molecule has 1 aliphatic carbocycles. The summed E-state index contributed by atoms with van der Waals surface area (Å²) in [5.41, 5.74) is 2.70. The van der Waals surface area contributed by atoms with Gasteiger partial charge in [0.05, 0.1) is 5.39 Å². The molecule has 1 aromatic carbocycles. The number of aryl methyl sites for hydroxylation is 3. The van der Waals surface area contributed by atoms with Gasteiger partial charge in [-0.1, -0.05) is 49.0 Å². The summed E-state index contributed by atoms with van der Waals surface area (Å²) >= 11 is 3.41. The van der Waals surface area contributed by atoms with Crippen LogP contribution in [0.2, 0.25) is 0 Å². The average molecular weight is 371 g/mol. The van der Waals surface area contributed by atoms with E-state index in [-0.39, 0.29) is 5.56 Å². The molecule has 4 rings (SSSR count). The van der Waals surface area contributed by atoms with Gasteiger partial charge in [-0.05, 0) is 49.0 Å². The summed E-state index contributed by atoms with van der Waals surface area (Å²) in [5, 5.41) is 1.77. The predicted octanol–water partition coefficient (Wildman–Crippen LogP) is 4.69. The van der Waals surface area contributed by atoms with Crippen LogP contribution in [0.3, 0.4) is 0 Å². The SMILES string of the molecule is CCSc1nc2sc3c(c2c(=O)n1CCc1ccccc1)CCCC3. The van der Waals surface area contributed by atoms with E-state index in [0.717, 1.165) is 40.4 Å². The maximum Gasteiger partial charge on any atom is 0.263 e. The van der Waals surface area contributed by atoms with Crippen molar-refractivity contribution in [3.05, 3.63) is 56.7 Å². The second kappa shape index (κ2) is 7.34. The lowest BCUT2D eigenvalue weighted by Gasteiger charge is -2.13. The number of nitrogens with zero attached hydrogens (tertiary/aromatic N) is 2. The van der Waals surface area contributed by atoms with Gasteiger partial charge < -0.3 is 0 Å². The molecule has 2 heterocycles. The fourth-order valence-corrected chi connectivity index (χ4v) is 5.60. The topological polar surface area (TPSA) is 34.9 Å². The van der Waals surface area contributed by atoms with Crippen molar-refractivity contribution in [3.8, 4) is 0 Å². The third-order valence-electron chi connectivity index (χ3n) is 4.78. The molecule has 0 spiro atoms. The molecule has 0 N–H and O–H groups in total. The number of aromatic nitrogens is 2. The van der Waals surface area contributed by atoms with Crippen LogP contribution >= 0.6 is 23.1 Å². The molecule has 0 unspecified atom stereocenters. The number of fused-ring (bicyclic) bond motifs is 3. The summed E-state index contributed by atoms with van der Waals surface area (Å²) in [6.07, 6.45) is 5.42. The molecule has 0 atom stereocenters. The van der Waals surface area contributed by atoms with E-state index in [1.807, 2.05) is 10.6 Å². The smallest absolute Gasteiger partial charge is 0.263 e. The molecule has 0 saturated carbocycles. The highest BCUT2D eigenvalue weighted by atomic mass is 32.2. The van der Waals surface area contributed by atoms with Crippen LogP contribution in [0, 0.1) is 0 Å². The average Bonchev–Trinajstić information content (AvgIpc) is 3.01. The van der Waals surface area contributed by atoms with Crippen molar-refractivity contribution in [1.82, 2.24) is 9.55 Å². The zero-order valence-corrected chi connectivity index (χ0v) is 16.1. The van der Waals surface area contributed by atoms with Gasteiger partial charge in [0, 0.05) is 11.4 Å². The maximum absolute atomic E-state index is 13.3. The van der Waals surface area contributed by atoms with Crippen LogP contribution in [0.15, 0.2) is 40.3 Å². The fraction of sp³-hybridized carbons (Fsp3) is 0.400. The van der Waals surface area contributed by atoms with E-state index in [4.69, 9.17) is 4.98 Å². The Balaban J connectivity index is 1.79. The molecular weight excluding hydrogens is 348 g/mol. The second-order valence-electron chi connectivity index (χ2n) is 6.41. The Morgan fingerprint density at radius 2 is 2.00 bits per heavy atom. The highest BCUT2D eigenvalue weighted by molar-refractivity contribution is 7.99. The summed E-state index contributed by atoms with van der Waals surface area (Å²) < 4.78 is 1.91. The Hall–Kier alpha value is -1.59. The van der Waals surface area contributed by atoms with Crippen LogP contribution in [-0.2, 0) is 25.8 Å². The lowest BCUT2D eigenvalue weighted by molar-refractivity contribution is 0.595. The van der Waals surface area contributed by atoms with Gasteiger partial charge in [-0.2, -0.15) is 0 Å². The van der Waals surface area contributed by atoms with Gasteiger partial charge in [-0.25, -0.2) is 4.98 Å². The van der Waals surface area contributed by atoms with Gasteiger partial charge in [0.15, 0.2) is 5.16 Å². The van der Waals surface area contributed by atoms with E-state index in [1.54, 1.807) is 23.1 Å². The third-order valence-corrected chi connectivity index (χ3v) is 6.82. The van der Waals surface area contributed by atoms with Crippen LogP contribution in [0.5, 0.6) is 0 Å². The largest absolute Gasteiger partial charge is 0.287 e. The minimum Gasteiger partial charge on any atom is -0.287 e. The maximum atomic E-state index is 13.3. The highest BCUT2D eigenvalue weighted by Crippen LogP contribution is 2.34. The highest BCUT2D eigenvalue weighted by Gasteiger charge is 2.22. The molecule has 2 aromatic heterocycles. The van der Waals surface area contributed by atoms with E-state index in [1.165, 1.54) is 28.8 Å². The van der Waals surface area contributed by atoms with E-state index in [9.17, 15) is 4.79 Å². The van der Waals surface area contributed by atoms with Gasteiger partial charge in [0.1, 0.15) is 4.83 Å². The molecule has 0 amide bonds. The van der Waals surface area contributed by atoms with Crippen LogP contribution in [-0.4, -0.2) is 15.3 Å². The number of hydrogen-bond donors (Lipinski definition) is 0. The molecule has 0 radical (unpaired) electrons. The predicted molar refractivity (Wildman–Crippen MR) is 107 cm³/mol. The van der Waals surface area contributed by atoms with Crippen LogP contribution < -0.4 is 5.56 Å². The zero-order valence-electron chi connectivity index (χ0n) is 14.5. The van der Waals surface area contributed by atoms with Crippen molar-refractivity contribution in [2.24, 2.45) is 0 Å². The van der Waals surface area contributed by atoms with Gasteiger partial charge >= 0.3 is 0 Å². The van der Waals surface area contributed by atoms with Crippen molar-refractivity contribution in [3.63, 3.8) is 0 Å². The monoisotopic (exact) mass is 370 g/mol. The van der Waals surface area contributed by atoms with Gasteiger partial charge in [-0.15, -0.1) is 11.3 Å². The number of rotatable bonds is 5.